The molecule has 0 aromatic rings. The highest BCUT2D eigenvalue weighted by molar-refractivity contribution is 7.89. The van der Waals surface area contributed by atoms with Gasteiger partial charge in [-0.15, -0.1) is 0 Å². The van der Waals surface area contributed by atoms with Crippen molar-refractivity contribution in [2.24, 2.45) is 10.9 Å². The van der Waals surface area contributed by atoms with Gasteiger partial charge in [-0.3, -0.25) is 4.99 Å². The van der Waals surface area contributed by atoms with Crippen LogP contribution in [0.5, 0.6) is 0 Å². The third kappa shape index (κ3) is 10.9. The van der Waals surface area contributed by atoms with Crippen LogP contribution in [0.15, 0.2) is 4.99 Å². The summed E-state index contributed by atoms with van der Waals surface area (Å²) < 4.78 is 35.9. The molecule has 0 spiro atoms. The molecule has 8 nitrogen and oxygen atoms in total. The first-order chi connectivity index (χ1) is 13.0. The van der Waals surface area contributed by atoms with Crippen molar-refractivity contribution in [2.45, 2.75) is 39.5 Å². The van der Waals surface area contributed by atoms with Crippen LogP contribution in [0, 0.1) is 5.92 Å². The highest BCUT2D eigenvalue weighted by Gasteiger charge is 2.14. The average Bonchev–Trinajstić information content (AvgIpc) is 2.68. The molecule has 1 rings (SSSR count). The maximum absolute atomic E-state index is 11.7. The first-order valence-corrected chi connectivity index (χ1v) is 11.7. The standard InChI is InChI=1S/C18H38N4O4S/c1-4-19-18(20-10-6-12-22(3)27(23,24)5-2)21-11-7-13-26-16-17-8-14-25-15-9-17/h17H,4-16H2,1-3H3,(H2,19,20,21). The second kappa shape index (κ2) is 14.1. The van der Waals surface area contributed by atoms with E-state index >= 15 is 0 Å². The summed E-state index contributed by atoms with van der Waals surface area (Å²) in [6, 6.07) is 0. The second-order valence-corrected chi connectivity index (χ2v) is 9.11. The van der Waals surface area contributed by atoms with Gasteiger partial charge in [0.25, 0.3) is 0 Å². The van der Waals surface area contributed by atoms with E-state index in [0.717, 1.165) is 64.6 Å². The van der Waals surface area contributed by atoms with Crippen molar-refractivity contribution >= 4 is 16.0 Å². The van der Waals surface area contributed by atoms with Crippen LogP contribution in [0.2, 0.25) is 0 Å². The van der Waals surface area contributed by atoms with Gasteiger partial charge in [-0.2, -0.15) is 0 Å². The molecule has 1 saturated heterocycles. The molecule has 0 unspecified atom stereocenters. The maximum atomic E-state index is 11.7. The van der Waals surface area contributed by atoms with Gasteiger partial charge in [0, 0.05) is 59.7 Å². The molecule has 1 aliphatic rings. The van der Waals surface area contributed by atoms with Crippen LogP contribution in [-0.4, -0.2) is 84.1 Å². The van der Waals surface area contributed by atoms with E-state index in [1.165, 1.54) is 4.31 Å². The third-order valence-electron chi connectivity index (χ3n) is 4.54. The van der Waals surface area contributed by atoms with E-state index in [2.05, 4.69) is 15.6 Å². The van der Waals surface area contributed by atoms with Crippen LogP contribution >= 0.6 is 0 Å². The van der Waals surface area contributed by atoms with E-state index < -0.39 is 10.0 Å². The topological polar surface area (TPSA) is 92.3 Å². The van der Waals surface area contributed by atoms with E-state index in [9.17, 15) is 8.42 Å². The summed E-state index contributed by atoms with van der Waals surface area (Å²) in [5.74, 6) is 1.54. The monoisotopic (exact) mass is 406 g/mol. The van der Waals surface area contributed by atoms with E-state index in [1.54, 1.807) is 14.0 Å². The summed E-state index contributed by atoms with van der Waals surface area (Å²) in [6.07, 6.45) is 3.81. The van der Waals surface area contributed by atoms with Crippen molar-refractivity contribution in [2.75, 3.05) is 65.4 Å². The number of sulfonamides is 1. The SMILES string of the molecule is CCNC(=NCCCOCC1CCOCC1)NCCCN(C)S(=O)(=O)CC. The lowest BCUT2D eigenvalue weighted by molar-refractivity contribution is 0.0205. The molecule has 27 heavy (non-hydrogen) atoms. The molecule has 0 bridgehead atoms. The van der Waals surface area contributed by atoms with Gasteiger partial charge in [-0.25, -0.2) is 12.7 Å². The van der Waals surface area contributed by atoms with E-state index in [4.69, 9.17) is 9.47 Å². The lowest BCUT2D eigenvalue weighted by Crippen LogP contribution is -2.39. The van der Waals surface area contributed by atoms with E-state index in [0.29, 0.717) is 25.6 Å². The summed E-state index contributed by atoms with van der Waals surface area (Å²) >= 11 is 0. The van der Waals surface area contributed by atoms with E-state index in [1.807, 2.05) is 6.92 Å². The third-order valence-corrected chi connectivity index (χ3v) is 6.40. The number of nitrogens with zero attached hydrogens (tertiary/aromatic N) is 2. The van der Waals surface area contributed by atoms with Gasteiger partial charge in [-0.1, -0.05) is 0 Å². The lowest BCUT2D eigenvalue weighted by Gasteiger charge is -2.21. The minimum absolute atomic E-state index is 0.137. The maximum Gasteiger partial charge on any atom is 0.213 e. The number of aliphatic imine (C=N–C) groups is 1. The van der Waals surface area contributed by atoms with Gasteiger partial charge in [0.1, 0.15) is 0 Å². The molecule has 0 atom stereocenters. The molecule has 1 heterocycles. The number of guanidine groups is 1. The molecular weight excluding hydrogens is 368 g/mol. The molecule has 0 aromatic carbocycles. The first kappa shape index (κ1) is 24.1. The number of ether oxygens (including phenoxy) is 2. The molecule has 0 amide bonds. The Hall–Kier alpha value is -0.900. The van der Waals surface area contributed by atoms with Crippen LogP contribution < -0.4 is 10.6 Å². The molecule has 2 N–H and O–H groups in total. The lowest BCUT2D eigenvalue weighted by atomic mass is 10.0. The van der Waals surface area contributed by atoms with Crippen LogP contribution in [0.25, 0.3) is 0 Å². The smallest absolute Gasteiger partial charge is 0.213 e. The zero-order valence-electron chi connectivity index (χ0n) is 17.2. The van der Waals surface area contributed by atoms with Gasteiger partial charge in [0.05, 0.1) is 5.75 Å². The number of rotatable bonds is 13. The van der Waals surface area contributed by atoms with Gasteiger partial charge < -0.3 is 20.1 Å². The summed E-state index contributed by atoms with van der Waals surface area (Å²) in [4.78, 5) is 4.54. The molecule has 0 aliphatic carbocycles. The minimum Gasteiger partial charge on any atom is -0.381 e. The Kier molecular flexibility index (Phi) is 12.6. The molecule has 0 aromatic heterocycles. The fourth-order valence-corrected chi connectivity index (χ4v) is 3.58. The van der Waals surface area contributed by atoms with Crippen LogP contribution in [0.1, 0.15) is 39.5 Å². The Morgan fingerprint density at radius 1 is 1.22 bits per heavy atom. The largest absolute Gasteiger partial charge is 0.381 e. The average molecular weight is 407 g/mol. The predicted molar refractivity (Wildman–Crippen MR) is 110 cm³/mol. The fourth-order valence-electron chi connectivity index (χ4n) is 2.73. The zero-order chi connectivity index (χ0) is 20.0. The van der Waals surface area contributed by atoms with Gasteiger partial charge in [-0.05, 0) is 45.4 Å². The quantitative estimate of drug-likeness (QED) is 0.270. The Bertz CT molecular complexity index is 507. The van der Waals surface area contributed by atoms with Crippen molar-refractivity contribution in [3.63, 3.8) is 0 Å². The van der Waals surface area contributed by atoms with E-state index in [-0.39, 0.29) is 5.75 Å². The highest BCUT2D eigenvalue weighted by atomic mass is 32.2. The number of hydrogen-bond donors (Lipinski definition) is 2. The Morgan fingerprint density at radius 2 is 1.96 bits per heavy atom. The van der Waals surface area contributed by atoms with Crippen LogP contribution in [-0.2, 0) is 19.5 Å². The van der Waals surface area contributed by atoms with Crippen LogP contribution in [0.3, 0.4) is 0 Å². The molecule has 160 valence electrons. The molecule has 0 saturated carbocycles. The van der Waals surface area contributed by atoms with Crippen molar-refractivity contribution in [1.29, 1.82) is 0 Å². The minimum atomic E-state index is -3.10. The summed E-state index contributed by atoms with van der Waals surface area (Å²) in [7, 11) is -1.48. The number of hydrogen-bond acceptors (Lipinski definition) is 5. The summed E-state index contributed by atoms with van der Waals surface area (Å²) in [6.45, 7) is 9.61. The Balaban J connectivity index is 2.15. The van der Waals surface area contributed by atoms with Gasteiger partial charge in [0.2, 0.25) is 10.0 Å². The summed E-state index contributed by atoms with van der Waals surface area (Å²) in [5, 5.41) is 6.46. The highest BCUT2D eigenvalue weighted by Crippen LogP contribution is 2.14. The summed E-state index contributed by atoms with van der Waals surface area (Å²) in [5.41, 5.74) is 0. The predicted octanol–water partition coefficient (Wildman–Crippen LogP) is 1.05. The molecular formula is C18H38N4O4S. The molecule has 1 aliphatic heterocycles. The first-order valence-electron chi connectivity index (χ1n) is 10.1. The zero-order valence-corrected chi connectivity index (χ0v) is 18.0. The van der Waals surface area contributed by atoms with Crippen LogP contribution in [0.4, 0.5) is 0 Å². The molecule has 9 heteroatoms. The normalized spacial score (nSPS) is 16.7. The fraction of sp³-hybridized carbons (Fsp3) is 0.944. The van der Waals surface area contributed by atoms with Crippen molar-refractivity contribution < 1.29 is 17.9 Å². The van der Waals surface area contributed by atoms with Crippen molar-refractivity contribution in [1.82, 2.24) is 14.9 Å². The van der Waals surface area contributed by atoms with Crippen molar-refractivity contribution in [3.8, 4) is 0 Å². The van der Waals surface area contributed by atoms with Gasteiger partial charge in [0.15, 0.2) is 5.96 Å². The Labute approximate surface area is 165 Å². The van der Waals surface area contributed by atoms with Gasteiger partial charge >= 0.3 is 0 Å². The Morgan fingerprint density at radius 3 is 2.63 bits per heavy atom. The molecule has 1 fully saturated rings. The number of nitrogens with one attached hydrogen (secondary N) is 2. The molecule has 0 radical (unpaired) electrons. The van der Waals surface area contributed by atoms with Crippen molar-refractivity contribution in [3.05, 3.63) is 0 Å². The second-order valence-electron chi connectivity index (χ2n) is 6.75.